The van der Waals surface area contributed by atoms with Crippen LogP contribution in [0.2, 0.25) is 0 Å². The second-order valence-corrected chi connectivity index (χ2v) is 8.55. The lowest BCUT2D eigenvalue weighted by atomic mass is 9.94. The Labute approximate surface area is 181 Å². The summed E-state index contributed by atoms with van der Waals surface area (Å²) in [5, 5.41) is 2.85. The van der Waals surface area contributed by atoms with E-state index in [-0.39, 0.29) is 12.0 Å². The van der Waals surface area contributed by atoms with Crippen molar-refractivity contribution in [1.29, 1.82) is 0 Å². The molecule has 1 heterocycles. The normalized spacial score (nSPS) is 29.7. The predicted octanol–water partition coefficient (Wildman–Crippen LogP) is 2.56. The van der Waals surface area contributed by atoms with Gasteiger partial charge >= 0.3 is 11.9 Å². The molecule has 1 aliphatic heterocycles. The van der Waals surface area contributed by atoms with Gasteiger partial charge in [0.15, 0.2) is 11.9 Å². The smallest absolute Gasteiger partial charge is 0.352 e. The van der Waals surface area contributed by atoms with Crippen molar-refractivity contribution >= 4 is 17.8 Å². The number of carbonyl (C=O) groups excluding carboxylic acids is 3. The zero-order valence-corrected chi connectivity index (χ0v) is 17.9. The van der Waals surface area contributed by atoms with E-state index in [1.807, 2.05) is 0 Å². The number of fused-ring (bicyclic) bond motifs is 1. The highest BCUT2D eigenvalue weighted by Crippen LogP contribution is 2.46. The third kappa shape index (κ3) is 4.75. The van der Waals surface area contributed by atoms with Crippen LogP contribution in [0, 0.1) is 0 Å². The molecule has 0 radical (unpaired) electrons. The van der Waals surface area contributed by atoms with Gasteiger partial charge < -0.3 is 24.3 Å². The Bertz CT molecular complexity index is 820. The first-order chi connectivity index (χ1) is 14.9. The summed E-state index contributed by atoms with van der Waals surface area (Å²) in [6.07, 6.45) is 2.65. The standard InChI is InChI=1S/C23H29NO7/c1-14(25)24-17-13-18-21(31-23(30-18)11-7-4-8-12-23)20(17)29-22(27)19(28-15(2)26)16-9-5-3-6-10-16/h3,5-6,9-10,17-21H,4,7-8,11-13H2,1-2H3,(H,24,25)/t17-,18+,19-,20+,21+/m0/s1. The van der Waals surface area contributed by atoms with Crippen LogP contribution in [0.4, 0.5) is 0 Å². The van der Waals surface area contributed by atoms with Crippen LogP contribution in [-0.4, -0.2) is 48.0 Å². The maximum Gasteiger partial charge on any atom is 0.352 e. The summed E-state index contributed by atoms with van der Waals surface area (Å²) in [4.78, 5) is 36.5. The third-order valence-corrected chi connectivity index (χ3v) is 6.15. The second kappa shape index (κ2) is 8.96. The highest BCUT2D eigenvalue weighted by molar-refractivity contribution is 5.80. The lowest BCUT2D eigenvalue weighted by Gasteiger charge is -2.34. The van der Waals surface area contributed by atoms with Crippen LogP contribution in [0.25, 0.3) is 0 Å². The van der Waals surface area contributed by atoms with Crippen molar-refractivity contribution in [2.75, 3.05) is 0 Å². The van der Waals surface area contributed by atoms with Crippen LogP contribution >= 0.6 is 0 Å². The van der Waals surface area contributed by atoms with Crippen LogP contribution in [0.1, 0.15) is 64.0 Å². The molecule has 1 N–H and O–H groups in total. The average Bonchev–Trinajstić information content (AvgIpc) is 3.21. The van der Waals surface area contributed by atoms with Gasteiger partial charge in [0.25, 0.3) is 0 Å². The number of hydrogen-bond donors (Lipinski definition) is 1. The van der Waals surface area contributed by atoms with Crippen molar-refractivity contribution in [2.24, 2.45) is 0 Å². The Kier molecular flexibility index (Phi) is 6.29. The van der Waals surface area contributed by atoms with E-state index in [4.69, 9.17) is 18.9 Å². The summed E-state index contributed by atoms with van der Waals surface area (Å²) < 4.78 is 23.8. The van der Waals surface area contributed by atoms with Crippen molar-refractivity contribution in [3.8, 4) is 0 Å². The van der Waals surface area contributed by atoms with Gasteiger partial charge in [-0.25, -0.2) is 4.79 Å². The minimum atomic E-state index is -1.19. The Morgan fingerprint density at radius 3 is 2.42 bits per heavy atom. The Morgan fingerprint density at radius 1 is 1.06 bits per heavy atom. The van der Waals surface area contributed by atoms with Crippen LogP contribution in [-0.2, 0) is 33.3 Å². The maximum atomic E-state index is 13.1. The van der Waals surface area contributed by atoms with Gasteiger partial charge in [0, 0.05) is 38.7 Å². The second-order valence-electron chi connectivity index (χ2n) is 8.55. The molecular formula is C23H29NO7. The minimum Gasteiger partial charge on any atom is -0.454 e. The van der Waals surface area contributed by atoms with Crippen molar-refractivity contribution in [2.45, 2.75) is 88.6 Å². The van der Waals surface area contributed by atoms with E-state index < -0.39 is 42.1 Å². The van der Waals surface area contributed by atoms with Gasteiger partial charge in [0.2, 0.25) is 12.0 Å². The van der Waals surface area contributed by atoms with Gasteiger partial charge in [-0.15, -0.1) is 0 Å². The number of esters is 2. The number of carbonyl (C=O) groups is 3. The van der Waals surface area contributed by atoms with Crippen LogP contribution in [0.15, 0.2) is 30.3 Å². The van der Waals surface area contributed by atoms with Gasteiger partial charge in [-0.2, -0.15) is 0 Å². The summed E-state index contributed by atoms with van der Waals surface area (Å²) in [6.45, 7) is 2.67. The van der Waals surface area contributed by atoms with Crippen LogP contribution in [0.3, 0.4) is 0 Å². The molecule has 8 heteroatoms. The molecule has 2 saturated carbocycles. The highest BCUT2D eigenvalue weighted by Gasteiger charge is 2.58. The molecule has 1 amide bonds. The van der Waals surface area contributed by atoms with E-state index in [0.717, 1.165) is 32.1 Å². The fourth-order valence-electron chi connectivity index (χ4n) is 4.89. The van der Waals surface area contributed by atoms with E-state index >= 15 is 0 Å². The highest BCUT2D eigenvalue weighted by atomic mass is 16.8. The van der Waals surface area contributed by atoms with Crippen LogP contribution < -0.4 is 5.32 Å². The maximum absolute atomic E-state index is 13.1. The molecule has 3 aliphatic rings. The molecule has 1 aromatic carbocycles. The largest absolute Gasteiger partial charge is 0.454 e. The fraction of sp³-hybridized carbons (Fsp3) is 0.609. The van der Waals surface area contributed by atoms with E-state index in [1.165, 1.54) is 13.8 Å². The monoisotopic (exact) mass is 431 g/mol. The summed E-state index contributed by atoms with van der Waals surface area (Å²) in [5.74, 6) is -2.14. The van der Waals surface area contributed by atoms with Gasteiger partial charge in [-0.05, 0) is 12.8 Å². The molecule has 168 valence electrons. The molecule has 4 rings (SSSR count). The number of benzene rings is 1. The third-order valence-electron chi connectivity index (χ3n) is 6.15. The molecule has 0 bridgehead atoms. The first-order valence-corrected chi connectivity index (χ1v) is 10.9. The van der Waals surface area contributed by atoms with E-state index in [0.29, 0.717) is 12.0 Å². The SMILES string of the molecule is CC(=O)N[C@H]1C[C@H]2OC3(CCCCC3)O[C@H]2[C@@H]1OC(=O)[C@@H](OC(C)=O)c1ccccc1. The predicted molar refractivity (Wildman–Crippen MR) is 109 cm³/mol. The zero-order chi connectivity index (χ0) is 22.0. The Balaban J connectivity index is 1.54. The fourth-order valence-corrected chi connectivity index (χ4v) is 4.89. The molecule has 2 aliphatic carbocycles. The van der Waals surface area contributed by atoms with Gasteiger partial charge in [-0.1, -0.05) is 36.8 Å². The lowest BCUT2D eigenvalue weighted by Crippen LogP contribution is -2.47. The minimum absolute atomic E-state index is 0.224. The number of nitrogens with one attached hydrogen (secondary N) is 1. The van der Waals surface area contributed by atoms with E-state index in [9.17, 15) is 14.4 Å². The van der Waals surface area contributed by atoms with Crippen molar-refractivity contribution in [3.63, 3.8) is 0 Å². The van der Waals surface area contributed by atoms with Crippen LogP contribution in [0.5, 0.6) is 0 Å². The first-order valence-electron chi connectivity index (χ1n) is 10.9. The summed E-state index contributed by atoms with van der Waals surface area (Å²) in [6, 6.07) is 8.28. The molecular weight excluding hydrogens is 402 g/mol. The molecule has 1 spiro atoms. The van der Waals surface area contributed by atoms with Crippen molar-refractivity contribution in [3.05, 3.63) is 35.9 Å². The number of amides is 1. The summed E-state index contributed by atoms with van der Waals surface area (Å²) in [7, 11) is 0. The van der Waals surface area contributed by atoms with E-state index in [1.54, 1.807) is 30.3 Å². The summed E-state index contributed by atoms with van der Waals surface area (Å²) in [5.41, 5.74) is 0.515. The quantitative estimate of drug-likeness (QED) is 0.715. The number of hydrogen-bond acceptors (Lipinski definition) is 7. The molecule has 31 heavy (non-hydrogen) atoms. The van der Waals surface area contributed by atoms with E-state index in [2.05, 4.69) is 5.32 Å². The van der Waals surface area contributed by atoms with Gasteiger partial charge in [0.1, 0.15) is 6.10 Å². The van der Waals surface area contributed by atoms with Gasteiger partial charge in [0.05, 0.1) is 12.1 Å². The molecule has 3 fully saturated rings. The Hall–Kier alpha value is -2.45. The van der Waals surface area contributed by atoms with Gasteiger partial charge in [-0.3, -0.25) is 9.59 Å². The lowest BCUT2D eigenvalue weighted by molar-refractivity contribution is -0.213. The molecule has 1 saturated heterocycles. The Morgan fingerprint density at radius 2 is 1.77 bits per heavy atom. The molecule has 5 atom stereocenters. The average molecular weight is 431 g/mol. The summed E-state index contributed by atoms with van der Waals surface area (Å²) >= 11 is 0. The topological polar surface area (TPSA) is 100 Å². The number of ether oxygens (including phenoxy) is 4. The molecule has 8 nitrogen and oxygen atoms in total. The molecule has 0 aromatic heterocycles. The van der Waals surface area contributed by atoms with Crippen molar-refractivity contribution in [1.82, 2.24) is 5.32 Å². The van der Waals surface area contributed by atoms with Crippen molar-refractivity contribution < 1.29 is 33.3 Å². The first kappa shape index (κ1) is 21.8. The molecule has 1 aromatic rings. The molecule has 0 unspecified atom stereocenters. The zero-order valence-electron chi connectivity index (χ0n) is 17.9. The number of rotatable bonds is 5.